The molecule has 0 heterocycles. The van der Waals surface area contributed by atoms with Gasteiger partial charge in [-0.2, -0.15) is 13.2 Å². The predicted octanol–water partition coefficient (Wildman–Crippen LogP) is 2.90. The molecule has 1 aromatic rings. The highest BCUT2D eigenvalue weighted by molar-refractivity contribution is 5.97. The molecule has 1 aromatic carbocycles. The van der Waals surface area contributed by atoms with Gasteiger partial charge in [0.2, 0.25) is 0 Å². The minimum Gasteiger partial charge on any atom is -0.497 e. The number of benzene rings is 1. The summed E-state index contributed by atoms with van der Waals surface area (Å²) in [5, 5.41) is 0. The number of alkyl halides is 3. The number of Topliss-reactive ketones (excluding diaryl/α,β-unsaturated/α-hetero) is 1. The first kappa shape index (κ1) is 14.8. The Kier molecular flexibility index (Phi) is 4.32. The van der Waals surface area contributed by atoms with E-state index in [1.807, 2.05) is 0 Å². The van der Waals surface area contributed by atoms with Crippen LogP contribution in [0.25, 0.3) is 0 Å². The smallest absolute Gasteiger partial charge is 0.401 e. The number of methoxy groups -OCH3 is 1. The Labute approximate surface area is 115 Å². The van der Waals surface area contributed by atoms with Gasteiger partial charge in [-0.1, -0.05) is 0 Å². The Morgan fingerprint density at radius 1 is 1.30 bits per heavy atom. The SMILES string of the molecule is COc1ccc(C(=O)CN(CC(F)(F)F)C2CC2)cc1. The lowest BCUT2D eigenvalue weighted by atomic mass is 10.1. The minimum atomic E-state index is -4.28. The molecule has 0 amide bonds. The second-order valence-electron chi connectivity index (χ2n) is 4.90. The summed E-state index contributed by atoms with van der Waals surface area (Å²) in [6.07, 6.45) is -2.82. The summed E-state index contributed by atoms with van der Waals surface area (Å²) in [5.41, 5.74) is 0.402. The van der Waals surface area contributed by atoms with Crippen molar-refractivity contribution >= 4 is 5.78 Å². The Morgan fingerprint density at radius 2 is 1.90 bits per heavy atom. The number of nitrogens with zero attached hydrogens (tertiary/aromatic N) is 1. The van der Waals surface area contributed by atoms with E-state index in [2.05, 4.69) is 0 Å². The zero-order chi connectivity index (χ0) is 14.8. The van der Waals surface area contributed by atoms with Crippen LogP contribution in [0.1, 0.15) is 23.2 Å². The Balaban J connectivity index is 2.00. The van der Waals surface area contributed by atoms with Crippen LogP contribution in [-0.4, -0.2) is 43.1 Å². The second-order valence-corrected chi connectivity index (χ2v) is 4.90. The van der Waals surface area contributed by atoms with Crippen molar-refractivity contribution in [3.05, 3.63) is 29.8 Å². The van der Waals surface area contributed by atoms with Gasteiger partial charge >= 0.3 is 6.18 Å². The minimum absolute atomic E-state index is 0.112. The van der Waals surface area contributed by atoms with Crippen LogP contribution in [0.3, 0.4) is 0 Å². The summed E-state index contributed by atoms with van der Waals surface area (Å²) < 4.78 is 42.4. The Hall–Kier alpha value is -1.56. The molecule has 3 nitrogen and oxygen atoms in total. The molecule has 2 rings (SSSR count). The number of halogens is 3. The van der Waals surface area contributed by atoms with E-state index in [1.54, 1.807) is 24.3 Å². The topological polar surface area (TPSA) is 29.5 Å². The third-order valence-electron chi connectivity index (χ3n) is 3.20. The zero-order valence-electron chi connectivity index (χ0n) is 11.1. The quantitative estimate of drug-likeness (QED) is 0.753. The van der Waals surface area contributed by atoms with Gasteiger partial charge < -0.3 is 4.74 Å². The number of hydrogen-bond acceptors (Lipinski definition) is 3. The number of rotatable bonds is 6. The van der Waals surface area contributed by atoms with Gasteiger partial charge in [0, 0.05) is 11.6 Å². The van der Waals surface area contributed by atoms with Gasteiger partial charge in [0.15, 0.2) is 5.78 Å². The van der Waals surface area contributed by atoms with Gasteiger partial charge in [0.25, 0.3) is 0 Å². The van der Waals surface area contributed by atoms with Gasteiger partial charge in [0.05, 0.1) is 20.2 Å². The van der Waals surface area contributed by atoms with Crippen LogP contribution >= 0.6 is 0 Å². The van der Waals surface area contributed by atoms with Crippen molar-refractivity contribution in [1.29, 1.82) is 0 Å². The molecule has 0 spiro atoms. The normalized spacial score (nSPS) is 15.4. The van der Waals surface area contributed by atoms with Crippen LogP contribution < -0.4 is 4.74 Å². The average Bonchev–Trinajstić information content (AvgIpc) is 3.20. The number of carbonyl (C=O) groups excluding carboxylic acids is 1. The standard InChI is InChI=1S/C14H16F3NO2/c1-20-12-6-2-10(3-7-12)13(19)8-18(11-4-5-11)9-14(15,16)17/h2-3,6-7,11H,4-5,8-9H2,1H3. The molecular formula is C14H16F3NO2. The lowest BCUT2D eigenvalue weighted by Crippen LogP contribution is -2.39. The molecular weight excluding hydrogens is 271 g/mol. The Morgan fingerprint density at radius 3 is 2.35 bits per heavy atom. The number of carbonyl (C=O) groups is 1. The molecule has 1 saturated carbocycles. The molecule has 1 aliphatic rings. The van der Waals surface area contributed by atoms with E-state index >= 15 is 0 Å². The van der Waals surface area contributed by atoms with Gasteiger partial charge in [-0.25, -0.2) is 0 Å². The Bertz CT molecular complexity index is 466. The summed E-state index contributed by atoms with van der Waals surface area (Å²) in [7, 11) is 1.51. The van der Waals surface area contributed by atoms with E-state index in [-0.39, 0.29) is 18.4 Å². The largest absolute Gasteiger partial charge is 0.497 e. The maximum atomic E-state index is 12.5. The first-order valence-corrected chi connectivity index (χ1v) is 6.37. The number of hydrogen-bond donors (Lipinski definition) is 0. The summed E-state index contributed by atoms with van der Waals surface area (Å²) in [6, 6.07) is 6.27. The maximum Gasteiger partial charge on any atom is 0.401 e. The summed E-state index contributed by atoms with van der Waals surface area (Å²) in [4.78, 5) is 13.2. The zero-order valence-corrected chi connectivity index (χ0v) is 11.1. The van der Waals surface area contributed by atoms with Gasteiger partial charge in [-0.3, -0.25) is 9.69 Å². The van der Waals surface area contributed by atoms with E-state index in [0.29, 0.717) is 11.3 Å². The van der Waals surface area contributed by atoms with Crippen molar-refractivity contribution < 1.29 is 22.7 Å². The summed E-state index contributed by atoms with van der Waals surface area (Å²) >= 11 is 0. The van der Waals surface area contributed by atoms with E-state index in [9.17, 15) is 18.0 Å². The van der Waals surface area contributed by atoms with Crippen LogP contribution in [0.15, 0.2) is 24.3 Å². The van der Waals surface area contributed by atoms with Crippen molar-refractivity contribution in [2.75, 3.05) is 20.2 Å². The fourth-order valence-corrected chi connectivity index (χ4v) is 2.04. The van der Waals surface area contributed by atoms with Crippen LogP contribution in [-0.2, 0) is 0 Å². The third-order valence-corrected chi connectivity index (χ3v) is 3.20. The van der Waals surface area contributed by atoms with Gasteiger partial charge in [-0.05, 0) is 37.1 Å². The van der Waals surface area contributed by atoms with Gasteiger partial charge in [-0.15, -0.1) is 0 Å². The van der Waals surface area contributed by atoms with Gasteiger partial charge in [0.1, 0.15) is 5.75 Å². The fourth-order valence-electron chi connectivity index (χ4n) is 2.04. The van der Waals surface area contributed by atoms with E-state index < -0.39 is 12.7 Å². The molecule has 0 aliphatic heterocycles. The number of ether oxygens (including phenoxy) is 1. The molecule has 20 heavy (non-hydrogen) atoms. The van der Waals surface area contributed by atoms with Crippen molar-refractivity contribution in [3.8, 4) is 5.75 Å². The monoisotopic (exact) mass is 287 g/mol. The highest BCUT2D eigenvalue weighted by Gasteiger charge is 2.38. The molecule has 0 aromatic heterocycles. The molecule has 0 radical (unpaired) electrons. The molecule has 1 fully saturated rings. The summed E-state index contributed by atoms with van der Waals surface area (Å²) in [5.74, 6) is 0.305. The molecule has 0 saturated heterocycles. The fraction of sp³-hybridized carbons (Fsp3) is 0.500. The van der Waals surface area contributed by atoms with E-state index in [4.69, 9.17) is 4.74 Å². The molecule has 0 N–H and O–H groups in total. The average molecular weight is 287 g/mol. The van der Waals surface area contributed by atoms with E-state index in [0.717, 1.165) is 12.8 Å². The maximum absolute atomic E-state index is 12.5. The molecule has 0 atom stereocenters. The first-order valence-electron chi connectivity index (χ1n) is 6.37. The lowest BCUT2D eigenvalue weighted by Gasteiger charge is -2.22. The molecule has 0 unspecified atom stereocenters. The van der Waals surface area contributed by atoms with Crippen molar-refractivity contribution in [3.63, 3.8) is 0 Å². The van der Waals surface area contributed by atoms with E-state index in [1.165, 1.54) is 12.0 Å². The van der Waals surface area contributed by atoms with Crippen LogP contribution in [0, 0.1) is 0 Å². The van der Waals surface area contributed by atoms with Crippen molar-refractivity contribution in [2.24, 2.45) is 0 Å². The number of ketones is 1. The second kappa shape index (κ2) is 5.83. The molecule has 0 bridgehead atoms. The van der Waals surface area contributed by atoms with Crippen molar-refractivity contribution in [2.45, 2.75) is 25.1 Å². The predicted molar refractivity (Wildman–Crippen MR) is 68.0 cm³/mol. The van der Waals surface area contributed by atoms with Crippen LogP contribution in [0.5, 0.6) is 5.75 Å². The summed E-state index contributed by atoms with van der Waals surface area (Å²) in [6.45, 7) is -1.23. The highest BCUT2D eigenvalue weighted by Crippen LogP contribution is 2.30. The molecule has 110 valence electrons. The van der Waals surface area contributed by atoms with Crippen molar-refractivity contribution in [1.82, 2.24) is 4.90 Å². The molecule has 1 aliphatic carbocycles. The first-order chi connectivity index (χ1) is 9.39. The van der Waals surface area contributed by atoms with Crippen LogP contribution in [0.2, 0.25) is 0 Å². The highest BCUT2D eigenvalue weighted by atomic mass is 19.4. The molecule has 6 heteroatoms. The van der Waals surface area contributed by atoms with Crippen LogP contribution in [0.4, 0.5) is 13.2 Å². The lowest BCUT2D eigenvalue weighted by molar-refractivity contribution is -0.145. The third kappa shape index (κ3) is 4.23.